The lowest BCUT2D eigenvalue weighted by Crippen LogP contribution is -2.68. The molecule has 0 bridgehead atoms. The molecule has 2 aromatic carbocycles. The summed E-state index contributed by atoms with van der Waals surface area (Å²) < 4.78 is 12.9. The molecule has 1 heterocycles. The molecule has 6 heteroatoms. The molecule has 2 unspecified atom stereocenters. The van der Waals surface area contributed by atoms with Crippen molar-refractivity contribution in [1.29, 1.82) is 0 Å². The number of halogens is 1. The third-order valence-corrected chi connectivity index (χ3v) is 3.72. The van der Waals surface area contributed by atoms with Gasteiger partial charge in [-0.25, -0.2) is 15.2 Å². The van der Waals surface area contributed by atoms with Crippen molar-refractivity contribution in [3.05, 3.63) is 65.5 Å². The van der Waals surface area contributed by atoms with Gasteiger partial charge in [0.25, 0.3) is 0 Å². The molecule has 23 heavy (non-hydrogen) atoms. The first-order valence-corrected chi connectivity index (χ1v) is 7.49. The molecule has 0 aromatic heterocycles. The third kappa shape index (κ3) is 4.06. The molecule has 0 saturated carbocycles. The third-order valence-electron chi connectivity index (χ3n) is 3.72. The van der Waals surface area contributed by atoms with Gasteiger partial charge in [-0.15, -0.1) is 0 Å². The normalized spacial score (nSPS) is 20.9. The topological polar surface area (TPSA) is 65.2 Å². The highest BCUT2D eigenvalue weighted by atomic mass is 19.1. The number of hydrogen-bond acceptors (Lipinski definition) is 4. The summed E-state index contributed by atoms with van der Waals surface area (Å²) in [5, 5.41) is 5.90. The number of hydrazine groups is 1. The van der Waals surface area contributed by atoms with Crippen molar-refractivity contribution >= 4 is 11.6 Å². The average Bonchev–Trinajstić information content (AvgIpc) is 2.54. The van der Waals surface area contributed by atoms with Gasteiger partial charge in [0.05, 0.1) is 0 Å². The second kappa shape index (κ2) is 6.76. The number of aryl methyl sites for hydroxylation is 1. The first-order valence-electron chi connectivity index (χ1n) is 7.49. The predicted molar refractivity (Wildman–Crippen MR) is 86.9 cm³/mol. The Kier molecular flexibility index (Phi) is 4.55. The lowest BCUT2D eigenvalue weighted by molar-refractivity contribution is -0.126. The Morgan fingerprint density at radius 2 is 1.74 bits per heavy atom. The summed E-state index contributed by atoms with van der Waals surface area (Å²) in [5.74, 6) is -0.392. The van der Waals surface area contributed by atoms with Crippen LogP contribution in [0.3, 0.4) is 0 Å². The van der Waals surface area contributed by atoms with Crippen LogP contribution in [0.2, 0.25) is 0 Å². The van der Waals surface area contributed by atoms with E-state index in [1.165, 1.54) is 17.7 Å². The highest BCUT2D eigenvalue weighted by molar-refractivity contribution is 5.83. The van der Waals surface area contributed by atoms with E-state index in [9.17, 15) is 9.18 Å². The lowest BCUT2D eigenvalue weighted by atomic mass is 10.0. The number of hydrogen-bond donors (Lipinski definition) is 4. The van der Waals surface area contributed by atoms with E-state index in [0.29, 0.717) is 12.1 Å². The van der Waals surface area contributed by atoms with Gasteiger partial charge in [-0.3, -0.25) is 4.79 Å². The second-order valence-corrected chi connectivity index (χ2v) is 5.62. The number of amides is 1. The van der Waals surface area contributed by atoms with Crippen molar-refractivity contribution in [1.82, 2.24) is 16.2 Å². The number of anilines is 1. The first kappa shape index (κ1) is 15.5. The SMILES string of the molecule is Cc1ccc(CC2NNC(Nc3ccc(F)cc3)NC2=O)cc1. The zero-order valence-electron chi connectivity index (χ0n) is 12.8. The summed E-state index contributed by atoms with van der Waals surface area (Å²) in [4.78, 5) is 12.2. The molecule has 2 aromatic rings. The van der Waals surface area contributed by atoms with Gasteiger partial charge in [0.1, 0.15) is 11.9 Å². The predicted octanol–water partition coefficient (Wildman–Crippen LogP) is 1.66. The van der Waals surface area contributed by atoms with Crippen molar-refractivity contribution in [2.45, 2.75) is 25.7 Å². The molecule has 5 nitrogen and oxygen atoms in total. The summed E-state index contributed by atoms with van der Waals surface area (Å²) in [5.41, 5.74) is 9.02. The molecule has 1 amide bonds. The largest absolute Gasteiger partial charge is 0.352 e. The lowest BCUT2D eigenvalue weighted by Gasteiger charge is -2.32. The van der Waals surface area contributed by atoms with Crippen LogP contribution in [0.5, 0.6) is 0 Å². The zero-order valence-corrected chi connectivity index (χ0v) is 12.8. The fraction of sp³-hybridized carbons (Fsp3) is 0.235. The molecule has 1 saturated heterocycles. The molecule has 1 aliphatic heterocycles. The minimum atomic E-state index is -0.456. The molecule has 3 rings (SSSR count). The van der Waals surface area contributed by atoms with Gasteiger partial charge in [0.15, 0.2) is 6.29 Å². The molecule has 1 aliphatic rings. The maximum absolute atomic E-state index is 12.9. The Labute approximate surface area is 134 Å². The van der Waals surface area contributed by atoms with E-state index in [1.807, 2.05) is 31.2 Å². The van der Waals surface area contributed by atoms with E-state index < -0.39 is 6.29 Å². The van der Waals surface area contributed by atoms with Crippen LogP contribution in [0.25, 0.3) is 0 Å². The molecular weight excluding hydrogens is 295 g/mol. The molecule has 4 N–H and O–H groups in total. The van der Waals surface area contributed by atoms with Gasteiger partial charge in [-0.05, 0) is 43.2 Å². The van der Waals surface area contributed by atoms with E-state index in [-0.39, 0.29) is 17.8 Å². The summed E-state index contributed by atoms with van der Waals surface area (Å²) >= 11 is 0. The fourth-order valence-electron chi connectivity index (χ4n) is 2.42. The Morgan fingerprint density at radius 3 is 2.39 bits per heavy atom. The number of carbonyl (C=O) groups excluding carboxylic acids is 1. The number of nitrogens with one attached hydrogen (secondary N) is 4. The second-order valence-electron chi connectivity index (χ2n) is 5.62. The highest BCUT2D eigenvalue weighted by Crippen LogP contribution is 2.10. The molecule has 2 atom stereocenters. The van der Waals surface area contributed by atoms with Gasteiger partial charge >= 0.3 is 0 Å². The maximum Gasteiger partial charge on any atom is 0.241 e. The Bertz CT molecular complexity index is 672. The Balaban J connectivity index is 1.55. The first-order chi connectivity index (χ1) is 11.1. The molecule has 0 spiro atoms. The molecule has 120 valence electrons. The van der Waals surface area contributed by atoms with E-state index in [0.717, 1.165) is 5.56 Å². The zero-order chi connectivity index (χ0) is 16.2. The minimum Gasteiger partial charge on any atom is -0.352 e. The summed E-state index contributed by atoms with van der Waals surface area (Å²) in [6.45, 7) is 2.03. The minimum absolute atomic E-state index is 0.0936. The van der Waals surface area contributed by atoms with Crippen molar-refractivity contribution < 1.29 is 9.18 Å². The van der Waals surface area contributed by atoms with Gasteiger partial charge in [0.2, 0.25) is 5.91 Å². The van der Waals surface area contributed by atoms with Crippen LogP contribution in [-0.2, 0) is 11.2 Å². The maximum atomic E-state index is 12.9. The monoisotopic (exact) mass is 314 g/mol. The van der Waals surface area contributed by atoms with Gasteiger partial charge in [-0.1, -0.05) is 29.8 Å². The molecule has 0 aliphatic carbocycles. The van der Waals surface area contributed by atoms with Crippen molar-refractivity contribution in [2.75, 3.05) is 5.32 Å². The van der Waals surface area contributed by atoms with Crippen LogP contribution in [-0.4, -0.2) is 18.2 Å². The fourth-order valence-corrected chi connectivity index (χ4v) is 2.42. The van der Waals surface area contributed by atoms with Gasteiger partial charge in [0, 0.05) is 5.69 Å². The van der Waals surface area contributed by atoms with E-state index >= 15 is 0 Å². The van der Waals surface area contributed by atoms with Crippen LogP contribution in [0, 0.1) is 12.7 Å². The highest BCUT2D eigenvalue weighted by Gasteiger charge is 2.27. The molecule has 1 fully saturated rings. The van der Waals surface area contributed by atoms with Gasteiger partial charge in [-0.2, -0.15) is 0 Å². The van der Waals surface area contributed by atoms with Crippen LogP contribution >= 0.6 is 0 Å². The summed E-state index contributed by atoms with van der Waals surface area (Å²) in [6.07, 6.45) is 0.143. The summed E-state index contributed by atoms with van der Waals surface area (Å²) in [6, 6.07) is 13.7. The standard InChI is InChI=1S/C17H19FN4O/c1-11-2-4-12(5-3-11)10-15-16(23)20-17(22-21-15)19-14-8-6-13(18)7-9-14/h2-9,15,17,19,21-22H,10H2,1H3,(H,20,23). The summed E-state index contributed by atoms with van der Waals surface area (Å²) in [7, 11) is 0. The Morgan fingerprint density at radius 1 is 1.04 bits per heavy atom. The van der Waals surface area contributed by atoms with Crippen molar-refractivity contribution in [3.63, 3.8) is 0 Å². The van der Waals surface area contributed by atoms with Crippen molar-refractivity contribution in [2.24, 2.45) is 0 Å². The quantitative estimate of drug-likeness (QED) is 0.693. The van der Waals surface area contributed by atoms with Crippen LogP contribution < -0.4 is 21.5 Å². The number of carbonyl (C=O) groups is 1. The van der Waals surface area contributed by atoms with Crippen LogP contribution in [0.15, 0.2) is 48.5 Å². The molecular formula is C17H19FN4O. The van der Waals surface area contributed by atoms with Crippen LogP contribution in [0.4, 0.5) is 10.1 Å². The number of benzene rings is 2. The smallest absolute Gasteiger partial charge is 0.241 e. The average molecular weight is 314 g/mol. The van der Waals surface area contributed by atoms with E-state index in [1.54, 1.807) is 12.1 Å². The molecule has 0 radical (unpaired) electrons. The van der Waals surface area contributed by atoms with E-state index in [4.69, 9.17) is 0 Å². The van der Waals surface area contributed by atoms with Gasteiger partial charge < -0.3 is 10.6 Å². The van der Waals surface area contributed by atoms with Crippen molar-refractivity contribution in [3.8, 4) is 0 Å². The number of rotatable bonds is 4. The van der Waals surface area contributed by atoms with Crippen LogP contribution in [0.1, 0.15) is 11.1 Å². The van der Waals surface area contributed by atoms with E-state index in [2.05, 4.69) is 21.5 Å². The Hall–Kier alpha value is -2.44.